The van der Waals surface area contributed by atoms with E-state index in [0.29, 0.717) is 32.0 Å². The van der Waals surface area contributed by atoms with Gasteiger partial charge in [-0.3, -0.25) is 9.59 Å². The molecule has 1 aromatic carbocycles. The number of aryl methyl sites for hydroxylation is 2. The summed E-state index contributed by atoms with van der Waals surface area (Å²) in [4.78, 5) is 31.0. The molecule has 0 N–H and O–H groups in total. The number of carbonyl (C=O) groups is 2. The molecule has 1 aliphatic rings. The molecule has 1 amide bonds. The minimum atomic E-state index is -0.248. The molecule has 1 atom stereocenters. The number of hydrogen-bond acceptors (Lipinski definition) is 6. The zero-order chi connectivity index (χ0) is 21.0. The molecular weight excluding hydrogens is 388 g/mol. The molecule has 3 rings (SSSR count). The maximum atomic E-state index is 12.8. The summed E-state index contributed by atoms with van der Waals surface area (Å²) >= 11 is 1.42. The van der Waals surface area contributed by atoms with Crippen molar-refractivity contribution >= 4 is 23.2 Å². The van der Waals surface area contributed by atoms with Crippen LogP contribution in [-0.2, 0) is 16.1 Å². The normalized spacial score (nSPS) is 16.6. The molecule has 1 fully saturated rings. The first-order chi connectivity index (χ1) is 13.9. The van der Waals surface area contributed by atoms with Gasteiger partial charge in [-0.1, -0.05) is 6.07 Å². The molecule has 1 unspecified atom stereocenters. The summed E-state index contributed by atoms with van der Waals surface area (Å²) in [5.41, 5.74) is 3.87. The minimum Gasteiger partial charge on any atom is -0.486 e. The Morgan fingerprint density at radius 3 is 2.83 bits per heavy atom. The Labute approximate surface area is 175 Å². The van der Waals surface area contributed by atoms with Crippen LogP contribution < -0.4 is 4.74 Å². The fourth-order valence-corrected chi connectivity index (χ4v) is 4.22. The predicted molar refractivity (Wildman–Crippen MR) is 112 cm³/mol. The maximum Gasteiger partial charge on any atom is 0.310 e. The van der Waals surface area contributed by atoms with Gasteiger partial charge in [0.15, 0.2) is 0 Å². The minimum absolute atomic E-state index is 0.135. The number of likely N-dealkylation sites (tertiary alicyclic amines) is 1. The van der Waals surface area contributed by atoms with Crippen molar-refractivity contribution < 1.29 is 19.1 Å². The number of esters is 1. The molecule has 0 aliphatic carbocycles. The van der Waals surface area contributed by atoms with Gasteiger partial charge in [0.25, 0.3) is 5.91 Å². The van der Waals surface area contributed by atoms with Crippen LogP contribution in [0, 0.1) is 26.7 Å². The lowest BCUT2D eigenvalue weighted by Gasteiger charge is -2.31. The standard InChI is InChI=1S/C22H28N2O4S/c1-5-27-22(26)17-7-6-8-24(11-17)21(25)18-13-29-20(23-18)12-28-19-10-14(2)9-15(3)16(19)4/h9-10,13,17H,5-8,11-12H2,1-4H3. The number of benzene rings is 1. The van der Waals surface area contributed by atoms with Gasteiger partial charge in [-0.25, -0.2) is 4.98 Å². The molecule has 0 radical (unpaired) electrons. The Morgan fingerprint density at radius 2 is 2.07 bits per heavy atom. The van der Waals surface area contributed by atoms with Crippen molar-refractivity contribution in [3.8, 4) is 5.75 Å². The number of amides is 1. The van der Waals surface area contributed by atoms with E-state index in [-0.39, 0.29) is 17.8 Å². The first-order valence-electron chi connectivity index (χ1n) is 10.00. The van der Waals surface area contributed by atoms with Crippen LogP contribution >= 0.6 is 11.3 Å². The summed E-state index contributed by atoms with van der Waals surface area (Å²) in [7, 11) is 0. The number of ether oxygens (including phenoxy) is 2. The van der Waals surface area contributed by atoms with Crippen LogP contribution in [0.25, 0.3) is 0 Å². The Balaban J connectivity index is 1.62. The molecule has 1 aromatic heterocycles. The van der Waals surface area contributed by atoms with Gasteiger partial charge in [-0.05, 0) is 63.3 Å². The van der Waals surface area contributed by atoms with Gasteiger partial charge in [0.05, 0.1) is 12.5 Å². The lowest BCUT2D eigenvalue weighted by atomic mass is 9.98. The smallest absolute Gasteiger partial charge is 0.310 e. The number of thiazole rings is 1. The number of piperidine rings is 1. The van der Waals surface area contributed by atoms with E-state index in [4.69, 9.17) is 9.47 Å². The average Bonchev–Trinajstić information content (AvgIpc) is 3.18. The van der Waals surface area contributed by atoms with Crippen molar-refractivity contribution in [3.05, 3.63) is 44.9 Å². The molecule has 0 saturated carbocycles. The summed E-state index contributed by atoms with van der Waals surface area (Å²) in [6.45, 7) is 9.66. The predicted octanol–water partition coefficient (Wildman–Crippen LogP) is 4.06. The monoisotopic (exact) mass is 416 g/mol. The van der Waals surface area contributed by atoms with Gasteiger partial charge >= 0.3 is 5.97 Å². The Kier molecular flexibility index (Phi) is 6.90. The second-order valence-electron chi connectivity index (χ2n) is 7.46. The number of aromatic nitrogens is 1. The van der Waals surface area contributed by atoms with Crippen molar-refractivity contribution in [3.63, 3.8) is 0 Å². The largest absolute Gasteiger partial charge is 0.486 e. The zero-order valence-electron chi connectivity index (χ0n) is 17.5. The van der Waals surface area contributed by atoms with Crippen LogP contribution in [0.3, 0.4) is 0 Å². The third-order valence-electron chi connectivity index (χ3n) is 5.21. The summed E-state index contributed by atoms with van der Waals surface area (Å²) < 4.78 is 11.1. The molecule has 0 bridgehead atoms. The van der Waals surface area contributed by atoms with Crippen molar-refractivity contribution in [1.29, 1.82) is 0 Å². The van der Waals surface area contributed by atoms with Gasteiger partial charge in [0.2, 0.25) is 0 Å². The van der Waals surface area contributed by atoms with Crippen LogP contribution in [0.5, 0.6) is 5.75 Å². The zero-order valence-corrected chi connectivity index (χ0v) is 18.3. The van der Waals surface area contributed by atoms with Crippen LogP contribution in [0.4, 0.5) is 0 Å². The van der Waals surface area contributed by atoms with E-state index in [1.54, 1.807) is 17.2 Å². The molecule has 29 heavy (non-hydrogen) atoms. The number of rotatable bonds is 6. The molecule has 0 spiro atoms. The molecule has 6 nitrogen and oxygen atoms in total. The first-order valence-corrected chi connectivity index (χ1v) is 10.9. The summed E-state index contributed by atoms with van der Waals surface area (Å²) in [6.07, 6.45) is 1.55. The van der Waals surface area contributed by atoms with Crippen molar-refractivity contribution in [2.24, 2.45) is 5.92 Å². The number of hydrogen-bond donors (Lipinski definition) is 0. The Bertz CT molecular complexity index is 893. The summed E-state index contributed by atoms with van der Waals surface area (Å²) in [5, 5.41) is 2.52. The molecule has 156 valence electrons. The summed E-state index contributed by atoms with van der Waals surface area (Å²) in [6, 6.07) is 4.15. The van der Waals surface area contributed by atoms with Crippen LogP contribution in [0.1, 0.15) is 52.0 Å². The highest BCUT2D eigenvalue weighted by atomic mass is 32.1. The van der Waals surface area contributed by atoms with Crippen molar-refractivity contribution in [2.45, 2.75) is 47.1 Å². The molecule has 1 saturated heterocycles. The number of nitrogens with zero attached hydrogens (tertiary/aromatic N) is 2. The van der Waals surface area contributed by atoms with E-state index >= 15 is 0 Å². The fraction of sp³-hybridized carbons (Fsp3) is 0.500. The van der Waals surface area contributed by atoms with Crippen LogP contribution in [-0.4, -0.2) is 41.5 Å². The van der Waals surface area contributed by atoms with Gasteiger partial charge in [-0.2, -0.15) is 0 Å². The SMILES string of the molecule is CCOC(=O)C1CCCN(C(=O)c2csc(COc3cc(C)cc(C)c3C)n2)C1. The molecule has 1 aliphatic heterocycles. The van der Waals surface area contributed by atoms with Gasteiger partial charge in [-0.15, -0.1) is 11.3 Å². The molecule has 2 heterocycles. The van der Waals surface area contributed by atoms with Crippen LogP contribution in [0.2, 0.25) is 0 Å². The van der Waals surface area contributed by atoms with Gasteiger partial charge < -0.3 is 14.4 Å². The van der Waals surface area contributed by atoms with Crippen molar-refractivity contribution in [2.75, 3.05) is 19.7 Å². The summed E-state index contributed by atoms with van der Waals surface area (Å²) in [5.74, 6) is 0.241. The van der Waals surface area contributed by atoms with E-state index < -0.39 is 0 Å². The third kappa shape index (κ3) is 5.15. The molecule has 7 heteroatoms. The van der Waals surface area contributed by atoms with Gasteiger partial charge in [0.1, 0.15) is 23.1 Å². The topological polar surface area (TPSA) is 68.7 Å². The second-order valence-corrected chi connectivity index (χ2v) is 8.41. The highest BCUT2D eigenvalue weighted by molar-refractivity contribution is 7.09. The quantitative estimate of drug-likeness (QED) is 0.664. The Morgan fingerprint density at radius 1 is 1.28 bits per heavy atom. The molecular formula is C22H28N2O4S. The lowest BCUT2D eigenvalue weighted by molar-refractivity contribution is -0.149. The van der Waals surface area contributed by atoms with E-state index in [1.807, 2.05) is 19.9 Å². The van der Waals surface area contributed by atoms with Gasteiger partial charge in [0, 0.05) is 18.5 Å². The Hall–Kier alpha value is -2.41. The second kappa shape index (κ2) is 9.39. The van der Waals surface area contributed by atoms with E-state index in [0.717, 1.165) is 34.7 Å². The highest BCUT2D eigenvalue weighted by Crippen LogP contribution is 2.25. The van der Waals surface area contributed by atoms with Crippen LogP contribution in [0.15, 0.2) is 17.5 Å². The van der Waals surface area contributed by atoms with Crippen molar-refractivity contribution in [1.82, 2.24) is 9.88 Å². The average molecular weight is 417 g/mol. The first kappa shape index (κ1) is 21.3. The van der Waals surface area contributed by atoms with E-state index in [1.165, 1.54) is 16.9 Å². The maximum absolute atomic E-state index is 12.8. The van der Waals surface area contributed by atoms with E-state index in [9.17, 15) is 9.59 Å². The van der Waals surface area contributed by atoms with E-state index in [2.05, 4.69) is 18.0 Å². The molecule has 2 aromatic rings. The highest BCUT2D eigenvalue weighted by Gasteiger charge is 2.30. The third-order valence-corrected chi connectivity index (χ3v) is 6.04. The lowest BCUT2D eigenvalue weighted by Crippen LogP contribution is -2.43. The fourth-order valence-electron chi connectivity index (χ4n) is 3.54. The number of carbonyl (C=O) groups excluding carboxylic acids is 2.